The van der Waals surface area contributed by atoms with Crippen LogP contribution < -0.4 is 19.5 Å². The van der Waals surface area contributed by atoms with Crippen molar-refractivity contribution in [3.8, 4) is 11.5 Å². The van der Waals surface area contributed by atoms with E-state index in [4.69, 9.17) is 9.47 Å². The van der Waals surface area contributed by atoms with Crippen LogP contribution in [0.25, 0.3) is 0 Å². The molecular formula is C19H18N2O5S2. The molecule has 0 spiro atoms. The highest BCUT2D eigenvalue weighted by Gasteiger charge is 2.21. The van der Waals surface area contributed by atoms with Gasteiger partial charge in [0.05, 0.1) is 30.5 Å². The maximum absolute atomic E-state index is 12.8. The van der Waals surface area contributed by atoms with E-state index < -0.39 is 15.9 Å². The number of rotatable bonds is 7. The number of carbonyl (C=O) groups is 1. The van der Waals surface area contributed by atoms with Gasteiger partial charge in [0, 0.05) is 0 Å². The number of nitrogens with one attached hydrogen (secondary N) is 2. The first-order valence-corrected chi connectivity index (χ1v) is 10.5. The van der Waals surface area contributed by atoms with E-state index in [9.17, 15) is 13.2 Å². The number of hydrogen-bond donors (Lipinski definition) is 2. The number of ether oxygens (including phenoxy) is 2. The minimum absolute atomic E-state index is 0.113. The summed E-state index contributed by atoms with van der Waals surface area (Å²) in [5, 5.41) is 4.38. The second-order valence-corrected chi connectivity index (χ2v) is 8.18. The molecule has 1 amide bonds. The fraction of sp³-hybridized carbons (Fsp3) is 0.105. The number of thiophene rings is 1. The Bertz CT molecular complexity index is 1080. The molecule has 0 aliphatic carbocycles. The van der Waals surface area contributed by atoms with Crippen LogP contribution in [0, 0.1) is 0 Å². The Hall–Kier alpha value is -3.04. The molecule has 0 bridgehead atoms. The zero-order chi connectivity index (χ0) is 20.1. The molecule has 2 N–H and O–H groups in total. The quantitative estimate of drug-likeness (QED) is 0.608. The molecule has 0 atom stereocenters. The van der Waals surface area contributed by atoms with Crippen LogP contribution in [0.3, 0.4) is 0 Å². The Labute approximate surface area is 167 Å². The molecule has 0 radical (unpaired) electrons. The Morgan fingerprint density at radius 1 is 0.929 bits per heavy atom. The highest BCUT2D eigenvalue weighted by atomic mass is 32.2. The third kappa shape index (κ3) is 4.10. The summed E-state index contributed by atoms with van der Waals surface area (Å²) in [4.78, 5) is 13.1. The third-order valence-corrected chi connectivity index (χ3v) is 6.12. The van der Waals surface area contributed by atoms with Crippen molar-refractivity contribution in [2.45, 2.75) is 4.90 Å². The zero-order valence-electron chi connectivity index (χ0n) is 15.1. The fourth-order valence-corrected chi connectivity index (χ4v) is 4.44. The van der Waals surface area contributed by atoms with Crippen LogP contribution in [0.4, 0.5) is 11.4 Å². The maximum atomic E-state index is 12.8. The van der Waals surface area contributed by atoms with E-state index in [1.165, 1.54) is 26.4 Å². The van der Waals surface area contributed by atoms with E-state index in [2.05, 4.69) is 10.0 Å². The second-order valence-electron chi connectivity index (χ2n) is 5.58. The molecule has 146 valence electrons. The van der Waals surface area contributed by atoms with Crippen molar-refractivity contribution in [2.75, 3.05) is 24.3 Å². The van der Waals surface area contributed by atoms with Gasteiger partial charge in [0.1, 0.15) is 4.88 Å². The molecule has 0 saturated carbocycles. The van der Waals surface area contributed by atoms with E-state index >= 15 is 0 Å². The highest BCUT2D eigenvalue weighted by molar-refractivity contribution is 7.92. The summed E-state index contributed by atoms with van der Waals surface area (Å²) in [6, 6.07) is 14.6. The zero-order valence-corrected chi connectivity index (χ0v) is 16.8. The normalized spacial score (nSPS) is 10.9. The molecular weight excluding hydrogens is 400 g/mol. The lowest BCUT2D eigenvalue weighted by Crippen LogP contribution is -2.17. The summed E-state index contributed by atoms with van der Waals surface area (Å²) in [7, 11) is -0.834. The number of para-hydroxylation sites is 1. The van der Waals surface area contributed by atoms with Crippen LogP contribution in [0.2, 0.25) is 0 Å². The number of anilines is 2. The van der Waals surface area contributed by atoms with Crippen molar-refractivity contribution in [1.82, 2.24) is 0 Å². The molecule has 1 heterocycles. The van der Waals surface area contributed by atoms with Gasteiger partial charge in [0.15, 0.2) is 11.5 Å². The first-order valence-electron chi connectivity index (χ1n) is 8.14. The van der Waals surface area contributed by atoms with Gasteiger partial charge in [0.25, 0.3) is 15.9 Å². The van der Waals surface area contributed by atoms with Crippen molar-refractivity contribution >= 4 is 38.6 Å². The van der Waals surface area contributed by atoms with Gasteiger partial charge >= 0.3 is 0 Å². The van der Waals surface area contributed by atoms with E-state index in [1.54, 1.807) is 47.8 Å². The van der Waals surface area contributed by atoms with Gasteiger partial charge in [-0.05, 0) is 35.7 Å². The van der Waals surface area contributed by atoms with E-state index in [-0.39, 0.29) is 15.5 Å². The Balaban J connectivity index is 1.85. The van der Waals surface area contributed by atoms with Crippen LogP contribution in [-0.4, -0.2) is 28.5 Å². The van der Waals surface area contributed by atoms with Gasteiger partial charge in [-0.3, -0.25) is 9.52 Å². The third-order valence-electron chi connectivity index (χ3n) is 3.82. The number of methoxy groups -OCH3 is 2. The van der Waals surface area contributed by atoms with Gasteiger partial charge in [-0.15, -0.1) is 11.3 Å². The van der Waals surface area contributed by atoms with Crippen molar-refractivity contribution in [2.24, 2.45) is 0 Å². The van der Waals surface area contributed by atoms with Crippen molar-refractivity contribution in [3.63, 3.8) is 0 Å². The summed E-state index contributed by atoms with van der Waals surface area (Å²) in [5.41, 5.74) is 0.616. The predicted molar refractivity (Wildman–Crippen MR) is 109 cm³/mol. The van der Waals surface area contributed by atoms with Crippen molar-refractivity contribution in [1.29, 1.82) is 0 Å². The second kappa shape index (κ2) is 8.32. The van der Waals surface area contributed by atoms with E-state index in [1.807, 2.05) is 0 Å². The average molecular weight is 418 g/mol. The number of sulfonamides is 1. The molecule has 1 aromatic heterocycles. The number of amides is 1. The summed E-state index contributed by atoms with van der Waals surface area (Å²) >= 11 is 1.13. The van der Waals surface area contributed by atoms with Crippen LogP contribution in [0.15, 0.2) is 64.9 Å². The van der Waals surface area contributed by atoms with Gasteiger partial charge in [-0.1, -0.05) is 24.3 Å². The SMILES string of the molecule is COc1cccc(NC(=O)c2sccc2NS(=O)(=O)c2ccccc2)c1OC. The van der Waals surface area contributed by atoms with Crippen LogP contribution in [0.5, 0.6) is 11.5 Å². The van der Waals surface area contributed by atoms with Crippen LogP contribution in [-0.2, 0) is 10.0 Å². The predicted octanol–water partition coefficient (Wildman–Crippen LogP) is 3.82. The van der Waals surface area contributed by atoms with Crippen LogP contribution in [0.1, 0.15) is 9.67 Å². The Morgan fingerprint density at radius 2 is 1.68 bits per heavy atom. The van der Waals surface area contributed by atoms with Gasteiger partial charge in [-0.2, -0.15) is 0 Å². The fourth-order valence-electron chi connectivity index (χ4n) is 2.53. The Kier molecular flexibility index (Phi) is 5.86. The Morgan fingerprint density at radius 3 is 2.36 bits per heavy atom. The van der Waals surface area contributed by atoms with E-state index in [0.29, 0.717) is 17.2 Å². The molecule has 0 aliphatic heterocycles. The minimum atomic E-state index is -3.80. The highest BCUT2D eigenvalue weighted by Crippen LogP contribution is 2.35. The minimum Gasteiger partial charge on any atom is -0.493 e. The smallest absolute Gasteiger partial charge is 0.267 e. The summed E-state index contributed by atoms with van der Waals surface area (Å²) in [6.45, 7) is 0. The molecule has 7 nitrogen and oxygen atoms in total. The average Bonchev–Trinajstić information content (AvgIpc) is 3.16. The molecule has 2 aromatic carbocycles. The first-order chi connectivity index (χ1) is 13.5. The topological polar surface area (TPSA) is 93.7 Å². The summed E-state index contributed by atoms with van der Waals surface area (Å²) in [6.07, 6.45) is 0. The lowest BCUT2D eigenvalue weighted by atomic mass is 10.2. The molecule has 0 unspecified atom stereocenters. The molecule has 0 aliphatic rings. The molecule has 9 heteroatoms. The molecule has 3 rings (SSSR count). The lowest BCUT2D eigenvalue weighted by molar-refractivity contribution is 0.103. The standard InChI is InChI=1S/C19H18N2O5S2/c1-25-16-10-6-9-14(17(16)26-2)20-19(22)18-15(11-12-27-18)21-28(23,24)13-7-4-3-5-8-13/h3-12,21H,1-2H3,(H,20,22). The number of hydrogen-bond acceptors (Lipinski definition) is 6. The van der Waals surface area contributed by atoms with Gasteiger partial charge in [0.2, 0.25) is 0 Å². The van der Waals surface area contributed by atoms with Crippen molar-refractivity contribution in [3.05, 3.63) is 64.9 Å². The van der Waals surface area contributed by atoms with E-state index in [0.717, 1.165) is 11.3 Å². The summed E-state index contributed by atoms with van der Waals surface area (Å²) < 4.78 is 38.1. The van der Waals surface area contributed by atoms with Crippen molar-refractivity contribution < 1.29 is 22.7 Å². The largest absolute Gasteiger partial charge is 0.493 e. The molecule has 28 heavy (non-hydrogen) atoms. The first kappa shape index (κ1) is 19.7. The molecule has 0 saturated heterocycles. The lowest BCUT2D eigenvalue weighted by Gasteiger charge is -2.14. The number of carbonyl (C=O) groups excluding carboxylic acids is 1. The number of benzene rings is 2. The van der Waals surface area contributed by atoms with Crippen LogP contribution >= 0.6 is 11.3 Å². The monoisotopic (exact) mass is 418 g/mol. The maximum Gasteiger partial charge on any atom is 0.267 e. The van der Waals surface area contributed by atoms with Gasteiger partial charge in [-0.25, -0.2) is 8.42 Å². The molecule has 3 aromatic rings. The van der Waals surface area contributed by atoms with Gasteiger partial charge < -0.3 is 14.8 Å². The summed E-state index contributed by atoms with van der Waals surface area (Å²) in [5.74, 6) is 0.380. The molecule has 0 fully saturated rings.